The highest BCUT2D eigenvalue weighted by atomic mass is 127. The van der Waals surface area contributed by atoms with Gasteiger partial charge in [-0.3, -0.25) is 0 Å². The summed E-state index contributed by atoms with van der Waals surface area (Å²) in [5.41, 5.74) is 6.65. The van der Waals surface area contributed by atoms with E-state index >= 15 is 0 Å². The van der Waals surface area contributed by atoms with Crippen LogP contribution in [0.1, 0.15) is 11.6 Å². The van der Waals surface area contributed by atoms with E-state index in [4.69, 9.17) is 10.5 Å². The Labute approximate surface area is 83.7 Å². The average Bonchev–Trinajstić information content (AvgIpc) is 2.33. The fourth-order valence-corrected chi connectivity index (χ4v) is 1.93. The van der Waals surface area contributed by atoms with Crippen molar-refractivity contribution in [2.45, 2.75) is 6.04 Å². The predicted molar refractivity (Wildman–Crippen MR) is 53.2 cm³/mol. The summed E-state index contributed by atoms with van der Waals surface area (Å²) in [5.74, 6) is 0.729. The van der Waals surface area contributed by atoms with Gasteiger partial charge in [-0.15, -0.1) is 0 Å². The molecule has 12 heavy (non-hydrogen) atoms. The summed E-state index contributed by atoms with van der Waals surface area (Å²) in [7, 11) is 0. The summed E-state index contributed by atoms with van der Waals surface area (Å²) in [5, 5.41) is 9.44. The summed E-state index contributed by atoms with van der Waals surface area (Å²) in [6.07, 6.45) is 0. The average molecular weight is 277 g/mol. The van der Waals surface area contributed by atoms with Gasteiger partial charge in [0.05, 0.1) is 6.04 Å². The van der Waals surface area contributed by atoms with Gasteiger partial charge in [0.25, 0.3) is 0 Å². The van der Waals surface area contributed by atoms with Crippen LogP contribution in [0.5, 0.6) is 11.5 Å². The molecule has 1 aromatic rings. The lowest BCUT2D eigenvalue weighted by Crippen LogP contribution is -2.10. The number of ether oxygens (including phenoxy) is 1. The smallest absolute Gasteiger partial charge is 0.165 e. The third-order valence-electron chi connectivity index (χ3n) is 1.87. The van der Waals surface area contributed by atoms with Gasteiger partial charge >= 0.3 is 0 Å². The Balaban J connectivity index is 2.60. The van der Waals surface area contributed by atoms with Crippen molar-refractivity contribution < 1.29 is 9.84 Å². The molecule has 0 fully saturated rings. The first kappa shape index (κ1) is 8.12. The third-order valence-corrected chi connectivity index (χ3v) is 2.49. The molecule has 1 aliphatic rings. The van der Waals surface area contributed by atoms with Gasteiger partial charge in [-0.05, 0) is 34.7 Å². The van der Waals surface area contributed by atoms with E-state index in [0.29, 0.717) is 12.4 Å². The van der Waals surface area contributed by atoms with Crippen molar-refractivity contribution in [2.24, 2.45) is 5.73 Å². The zero-order valence-corrected chi connectivity index (χ0v) is 8.41. The second-order valence-electron chi connectivity index (χ2n) is 2.76. The molecule has 3 N–H and O–H groups in total. The van der Waals surface area contributed by atoms with E-state index in [1.807, 2.05) is 6.07 Å². The van der Waals surface area contributed by atoms with Crippen LogP contribution in [-0.4, -0.2) is 11.7 Å². The Morgan fingerprint density at radius 2 is 2.33 bits per heavy atom. The SMILES string of the molecule is N[C@@H]1COc2c(O)cc(I)cc21. The van der Waals surface area contributed by atoms with Crippen LogP contribution in [0.2, 0.25) is 0 Å². The van der Waals surface area contributed by atoms with E-state index < -0.39 is 0 Å². The molecular formula is C8H8INO2. The van der Waals surface area contributed by atoms with Crippen LogP contribution in [0.15, 0.2) is 12.1 Å². The first-order chi connectivity index (χ1) is 5.68. The predicted octanol–water partition coefficient (Wildman–Crippen LogP) is 1.39. The largest absolute Gasteiger partial charge is 0.504 e. The zero-order chi connectivity index (χ0) is 8.72. The molecule has 0 bridgehead atoms. The molecule has 0 saturated carbocycles. The number of halogens is 1. The Hall–Kier alpha value is -0.490. The Morgan fingerprint density at radius 3 is 3.08 bits per heavy atom. The molecule has 1 heterocycles. The molecule has 0 unspecified atom stereocenters. The third kappa shape index (κ3) is 1.15. The number of hydrogen-bond acceptors (Lipinski definition) is 3. The number of phenolic OH excluding ortho intramolecular Hbond substituents is 1. The number of rotatable bonds is 0. The lowest BCUT2D eigenvalue weighted by Gasteiger charge is -2.03. The van der Waals surface area contributed by atoms with Crippen molar-refractivity contribution in [3.8, 4) is 11.5 Å². The maximum absolute atomic E-state index is 9.44. The highest BCUT2D eigenvalue weighted by molar-refractivity contribution is 14.1. The zero-order valence-electron chi connectivity index (χ0n) is 6.25. The molecule has 1 atom stereocenters. The second-order valence-corrected chi connectivity index (χ2v) is 4.01. The molecule has 3 nitrogen and oxygen atoms in total. The van der Waals surface area contributed by atoms with E-state index in [0.717, 1.165) is 9.13 Å². The van der Waals surface area contributed by atoms with Gasteiger partial charge in [0.1, 0.15) is 6.61 Å². The highest BCUT2D eigenvalue weighted by Crippen LogP contribution is 2.39. The molecule has 1 aliphatic heterocycles. The minimum atomic E-state index is -0.0967. The van der Waals surface area contributed by atoms with Crippen molar-refractivity contribution >= 4 is 22.6 Å². The van der Waals surface area contributed by atoms with Gasteiger partial charge in [0.15, 0.2) is 11.5 Å². The number of benzene rings is 1. The van der Waals surface area contributed by atoms with Crippen LogP contribution in [0.25, 0.3) is 0 Å². The maximum Gasteiger partial charge on any atom is 0.165 e. The molecule has 0 aromatic heterocycles. The molecule has 0 aliphatic carbocycles. The summed E-state index contributed by atoms with van der Waals surface area (Å²) in [4.78, 5) is 0. The lowest BCUT2D eigenvalue weighted by atomic mass is 10.1. The monoisotopic (exact) mass is 277 g/mol. The molecule has 0 amide bonds. The molecule has 2 rings (SSSR count). The summed E-state index contributed by atoms with van der Waals surface area (Å²) in [6, 6.07) is 3.51. The van der Waals surface area contributed by atoms with E-state index in [1.165, 1.54) is 0 Å². The minimum Gasteiger partial charge on any atom is -0.504 e. The summed E-state index contributed by atoms with van der Waals surface area (Å²) >= 11 is 2.14. The van der Waals surface area contributed by atoms with E-state index in [9.17, 15) is 5.11 Å². The summed E-state index contributed by atoms with van der Waals surface area (Å²) < 4.78 is 6.19. The number of nitrogens with two attached hydrogens (primary N) is 1. The number of fused-ring (bicyclic) bond motifs is 1. The number of hydrogen-bond donors (Lipinski definition) is 2. The van der Waals surface area contributed by atoms with Crippen molar-refractivity contribution in [3.63, 3.8) is 0 Å². The van der Waals surface area contributed by atoms with Crippen LogP contribution < -0.4 is 10.5 Å². The fraction of sp³-hybridized carbons (Fsp3) is 0.250. The van der Waals surface area contributed by atoms with Crippen LogP contribution in [0.3, 0.4) is 0 Å². The van der Waals surface area contributed by atoms with Crippen LogP contribution in [-0.2, 0) is 0 Å². The molecule has 0 spiro atoms. The molecule has 4 heteroatoms. The Kier molecular flexibility index (Phi) is 1.88. The van der Waals surface area contributed by atoms with Crippen LogP contribution >= 0.6 is 22.6 Å². The molecule has 64 valence electrons. The first-order valence-electron chi connectivity index (χ1n) is 3.59. The number of phenols is 1. The van der Waals surface area contributed by atoms with E-state index in [-0.39, 0.29) is 11.8 Å². The number of aromatic hydroxyl groups is 1. The lowest BCUT2D eigenvalue weighted by molar-refractivity contribution is 0.317. The quantitative estimate of drug-likeness (QED) is 0.704. The first-order valence-corrected chi connectivity index (χ1v) is 4.67. The topological polar surface area (TPSA) is 55.5 Å². The highest BCUT2D eigenvalue weighted by Gasteiger charge is 2.23. The van der Waals surface area contributed by atoms with Gasteiger partial charge in [-0.2, -0.15) is 0 Å². The molecule has 1 aromatic carbocycles. The van der Waals surface area contributed by atoms with Crippen molar-refractivity contribution in [2.75, 3.05) is 6.61 Å². The van der Waals surface area contributed by atoms with Gasteiger partial charge in [0.2, 0.25) is 0 Å². The molecular weight excluding hydrogens is 269 g/mol. The molecule has 0 radical (unpaired) electrons. The fourth-order valence-electron chi connectivity index (χ4n) is 1.30. The van der Waals surface area contributed by atoms with Crippen molar-refractivity contribution in [3.05, 3.63) is 21.3 Å². The Bertz CT molecular complexity index is 327. The van der Waals surface area contributed by atoms with Gasteiger partial charge in [-0.1, -0.05) is 0 Å². The van der Waals surface area contributed by atoms with Crippen LogP contribution in [0.4, 0.5) is 0 Å². The van der Waals surface area contributed by atoms with E-state index in [2.05, 4.69) is 22.6 Å². The normalized spacial score (nSPS) is 20.3. The molecule has 0 saturated heterocycles. The standard InChI is InChI=1S/C8H8INO2/c9-4-1-5-6(10)3-12-8(5)7(11)2-4/h1-2,6,11H,3,10H2/t6-/m1/s1. The summed E-state index contributed by atoms with van der Waals surface area (Å²) in [6.45, 7) is 0.461. The van der Waals surface area contributed by atoms with E-state index in [1.54, 1.807) is 6.07 Å². The van der Waals surface area contributed by atoms with Gasteiger partial charge < -0.3 is 15.6 Å². The maximum atomic E-state index is 9.44. The van der Waals surface area contributed by atoms with Gasteiger partial charge in [0, 0.05) is 9.13 Å². The van der Waals surface area contributed by atoms with Crippen LogP contribution in [0, 0.1) is 3.57 Å². The van der Waals surface area contributed by atoms with Crippen molar-refractivity contribution in [1.29, 1.82) is 0 Å². The van der Waals surface area contributed by atoms with Gasteiger partial charge in [-0.25, -0.2) is 0 Å². The minimum absolute atomic E-state index is 0.0967. The Morgan fingerprint density at radius 1 is 1.58 bits per heavy atom. The second kappa shape index (κ2) is 2.77. The van der Waals surface area contributed by atoms with Crippen molar-refractivity contribution in [1.82, 2.24) is 0 Å².